The summed E-state index contributed by atoms with van der Waals surface area (Å²) in [7, 11) is 0. The normalized spacial score (nSPS) is 10.9. The molecular weight excluding hydrogens is 412 g/mol. The van der Waals surface area contributed by atoms with Gasteiger partial charge in [-0.05, 0) is 24.6 Å². The van der Waals surface area contributed by atoms with Crippen LogP contribution in [0.2, 0.25) is 0 Å². The van der Waals surface area contributed by atoms with Crippen molar-refractivity contribution in [2.45, 2.75) is 20.0 Å². The molecule has 0 saturated carbocycles. The Balaban J connectivity index is 1.42. The quantitative estimate of drug-likeness (QED) is 0.353. The minimum atomic E-state index is -0.522. The summed E-state index contributed by atoms with van der Waals surface area (Å²) in [6.07, 6.45) is 2.98. The summed E-state index contributed by atoms with van der Waals surface area (Å²) < 4.78 is 3.10. The van der Waals surface area contributed by atoms with Gasteiger partial charge in [0, 0.05) is 24.2 Å². The van der Waals surface area contributed by atoms with E-state index in [0.717, 1.165) is 11.1 Å². The first-order valence-electron chi connectivity index (χ1n) is 9.91. The van der Waals surface area contributed by atoms with Gasteiger partial charge in [-0.2, -0.15) is 5.10 Å². The lowest BCUT2D eigenvalue weighted by molar-refractivity contribution is -0.384. The van der Waals surface area contributed by atoms with Crippen molar-refractivity contribution >= 4 is 22.6 Å². The zero-order valence-electron chi connectivity index (χ0n) is 17.3. The van der Waals surface area contributed by atoms with Crippen molar-refractivity contribution in [3.8, 4) is 0 Å². The summed E-state index contributed by atoms with van der Waals surface area (Å²) >= 11 is 0. The Kier molecular flexibility index (Phi) is 5.75. The molecule has 0 unspecified atom stereocenters. The Labute approximate surface area is 182 Å². The highest BCUT2D eigenvalue weighted by atomic mass is 16.6. The van der Waals surface area contributed by atoms with Crippen LogP contribution in [0.15, 0.2) is 65.8 Å². The topological polar surface area (TPSA) is 125 Å². The molecule has 0 spiro atoms. The van der Waals surface area contributed by atoms with Gasteiger partial charge in [0.25, 0.3) is 17.2 Å². The molecule has 2 heterocycles. The van der Waals surface area contributed by atoms with E-state index in [4.69, 9.17) is 0 Å². The Morgan fingerprint density at radius 2 is 1.84 bits per heavy atom. The van der Waals surface area contributed by atoms with Crippen LogP contribution < -0.4 is 10.9 Å². The van der Waals surface area contributed by atoms with Gasteiger partial charge in [-0.25, -0.2) is 9.67 Å². The summed E-state index contributed by atoms with van der Waals surface area (Å²) in [5.74, 6) is -0.357. The van der Waals surface area contributed by atoms with Crippen LogP contribution in [0.4, 0.5) is 5.69 Å². The number of hydrogen-bond donors (Lipinski definition) is 1. The molecule has 10 heteroatoms. The van der Waals surface area contributed by atoms with E-state index in [1.165, 1.54) is 41.4 Å². The largest absolute Gasteiger partial charge is 0.350 e. The number of rotatable bonds is 7. The van der Waals surface area contributed by atoms with Crippen molar-refractivity contribution in [1.29, 1.82) is 0 Å². The highest BCUT2D eigenvalue weighted by molar-refractivity contribution is 5.94. The summed E-state index contributed by atoms with van der Waals surface area (Å²) in [5, 5.41) is 18.1. The minimum Gasteiger partial charge on any atom is -0.350 e. The van der Waals surface area contributed by atoms with E-state index in [9.17, 15) is 19.7 Å². The smallest absolute Gasteiger partial charge is 0.269 e. The van der Waals surface area contributed by atoms with Crippen LogP contribution in [0, 0.1) is 17.0 Å². The molecule has 0 bridgehead atoms. The van der Waals surface area contributed by atoms with E-state index in [1.807, 2.05) is 31.2 Å². The fourth-order valence-corrected chi connectivity index (χ4v) is 3.28. The molecule has 0 aliphatic carbocycles. The molecule has 1 N–H and O–H groups in total. The van der Waals surface area contributed by atoms with E-state index < -0.39 is 4.92 Å². The maximum atomic E-state index is 12.8. The Morgan fingerprint density at radius 3 is 2.53 bits per heavy atom. The molecule has 0 radical (unpaired) electrons. The lowest BCUT2D eigenvalue weighted by Gasteiger charge is -2.08. The number of nitro groups is 1. The molecule has 1 amide bonds. The zero-order valence-corrected chi connectivity index (χ0v) is 17.3. The maximum Gasteiger partial charge on any atom is 0.269 e. The zero-order chi connectivity index (χ0) is 22.7. The number of nitrogens with zero attached hydrogens (tertiary/aromatic N) is 5. The molecule has 0 fully saturated rings. The number of fused-ring (bicyclic) bond motifs is 1. The number of nitro benzene ring substituents is 1. The number of nitrogens with one attached hydrogen (secondary N) is 1. The van der Waals surface area contributed by atoms with Crippen LogP contribution >= 0.6 is 0 Å². The van der Waals surface area contributed by atoms with Crippen LogP contribution in [0.5, 0.6) is 0 Å². The van der Waals surface area contributed by atoms with Gasteiger partial charge in [0.2, 0.25) is 0 Å². The molecular formula is C22H20N6O4. The monoisotopic (exact) mass is 432 g/mol. The Hall–Kier alpha value is -4.34. The van der Waals surface area contributed by atoms with E-state index in [1.54, 1.807) is 4.68 Å². The SMILES string of the molecule is Cc1ccc(Cn2cnc3c(cnn3CCNC(=O)c3ccc([N+](=O)[O-])cc3)c2=O)cc1. The molecule has 32 heavy (non-hydrogen) atoms. The lowest BCUT2D eigenvalue weighted by Crippen LogP contribution is -2.27. The summed E-state index contributed by atoms with van der Waals surface area (Å²) in [6.45, 7) is 2.99. The number of benzene rings is 2. The van der Waals surface area contributed by atoms with Gasteiger partial charge >= 0.3 is 0 Å². The number of carbonyl (C=O) groups is 1. The Morgan fingerprint density at radius 1 is 1.12 bits per heavy atom. The van der Waals surface area contributed by atoms with Gasteiger partial charge in [-0.3, -0.25) is 24.3 Å². The average molecular weight is 432 g/mol. The number of aromatic nitrogens is 4. The predicted octanol–water partition coefficient (Wildman–Crippen LogP) is 2.29. The third-order valence-corrected chi connectivity index (χ3v) is 5.05. The minimum absolute atomic E-state index is 0.0799. The first-order valence-corrected chi connectivity index (χ1v) is 9.91. The van der Waals surface area contributed by atoms with Crippen LogP contribution in [0.3, 0.4) is 0 Å². The van der Waals surface area contributed by atoms with Crippen molar-refractivity contribution in [2.75, 3.05) is 6.54 Å². The van der Waals surface area contributed by atoms with E-state index >= 15 is 0 Å². The van der Waals surface area contributed by atoms with Crippen molar-refractivity contribution < 1.29 is 9.72 Å². The second-order valence-corrected chi connectivity index (χ2v) is 7.33. The molecule has 4 rings (SSSR count). The van der Waals surface area contributed by atoms with Crippen molar-refractivity contribution in [2.24, 2.45) is 0 Å². The van der Waals surface area contributed by atoms with Crippen molar-refractivity contribution in [1.82, 2.24) is 24.6 Å². The highest BCUT2D eigenvalue weighted by Crippen LogP contribution is 2.12. The third-order valence-electron chi connectivity index (χ3n) is 5.05. The van der Waals surface area contributed by atoms with E-state index in [0.29, 0.717) is 29.7 Å². The van der Waals surface area contributed by atoms with Crippen LogP contribution in [0.25, 0.3) is 11.0 Å². The molecule has 0 atom stereocenters. The molecule has 0 aliphatic heterocycles. The average Bonchev–Trinajstić information content (AvgIpc) is 3.21. The van der Waals surface area contributed by atoms with Crippen LogP contribution in [0.1, 0.15) is 21.5 Å². The van der Waals surface area contributed by atoms with Gasteiger partial charge in [0.15, 0.2) is 5.65 Å². The number of amides is 1. The first kappa shape index (κ1) is 20.9. The molecule has 2 aromatic carbocycles. The second kappa shape index (κ2) is 8.80. The number of non-ortho nitro benzene ring substituents is 1. The molecule has 10 nitrogen and oxygen atoms in total. The lowest BCUT2D eigenvalue weighted by atomic mass is 10.1. The highest BCUT2D eigenvalue weighted by Gasteiger charge is 2.12. The van der Waals surface area contributed by atoms with E-state index in [-0.39, 0.29) is 23.7 Å². The predicted molar refractivity (Wildman–Crippen MR) is 117 cm³/mol. The first-order chi connectivity index (χ1) is 15.4. The standard InChI is InChI=1S/C22H20N6O4/c1-15-2-4-16(5-3-15)13-26-14-24-20-19(22(26)30)12-25-27(20)11-10-23-21(29)17-6-8-18(9-7-17)28(31)32/h2-9,12,14H,10-11,13H2,1H3,(H,23,29). The van der Waals surface area contributed by atoms with E-state index in [2.05, 4.69) is 15.4 Å². The van der Waals surface area contributed by atoms with Gasteiger partial charge < -0.3 is 5.32 Å². The second-order valence-electron chi connectivity index (χ2n) is 7.33. The fourth-order valence-electron chi connectivity index (χ4n) is 3.28. The summed E-state index contributed by atoms with van der Waals surface area (Å²) in [6, 6.07) is 13.3. The number of carbonyl (C=O) groups excluding carboxylic acids is 1. The summed E-state index contributed by atoms with van der Waals surface area (Å²) in [4.78, 5) is 39.6. The molecule has 0 aliphatic rings. The van der Waals surface area contributed by atoms with Crippen molar-refractivity contribution in [3.63, 3.8) is 0 Å². The van der Waals surface area contributed by atoms with Gasteiger partial charge in [0.05, 0.1) is 24.2 Å². The molecule has 162 valence electrons. The van der Waals surface area contributed by atoms with Crippen LogP contribution in [-0.4, -0.2) is 36.7 Å². The fraction of sp³-hybridized carbons (Fsp3) is 0.182. The molecule has 4 aromatic rings. The van der Waals surface area contributed by atoms with Crippen molar-refractivity contribution in [3.05, 3.63) is 98.2 Å². The maximum absolute atomic E-state index is 12.8. The molecule has 2 aromatic heterocycles. The summed E-state index contributed by atoms with van der Waals surface area (Å²) in [5.41, 5.74) is 2.65. The number of hydrogen-bond acceptors (Lipinski definition) is 6. The Bertz CT molecular complexity index is 1340. The number of aryl methyl sites for hydroxylation is 1. The molecule has 0 saturated heterocycles. The van der Waals surface area contributed by atoms with Gasteiger partial charge in [0.1, 0.15) is 11.7 Å². The van der Waals surface area contributed by atoms with Gasteiger partial charge in [-0.15, -0.1) is 0 Å². The third kappa shape index (κ3) is 4.38. The van der Waals surface area contributed by atoms with Gasteiger partial charge in [-0.1, -0.05) is 29.8 Å². The van der Waals surface area contributed by atoms with Crippen LogP contribution in [-0.2, 0) is 13.1 Å².